The summed E-state index contributed by atoms with van der Waals surface area (Å²) in [5.41, 5.74) is 4.14. The smallest absolute Gasteiger partial charge is 0.137 e. The zero-order valence-corrected chi connectivity index (χ0v) is 11.0. The van der Waals surface area contributed by atoms with Gasteiger partial charge in [0.15, 0.2) is 0 Å². The van der Waals surface area contributed by atoms with Crippen molar-refractivity contribution in [2.45, 2.75) is 13.1 Å². The molecule has 96 valence electrons. The number of anilines is 1. The van der Waals surface area contributed by atoms with E-state index in [2.05, 4.69) is 38.6 Å². The SMILES string of the molecule is c1cc(Cn2cncn2)cc(NCc2cncs2)c1. The fourth-order valence-corrected chi connectivity index (χ4v) is 2.33. The van der Waals surface area contributed by atoms with E-state index in [1.54, 1.807) is 24.0 Å². The van der Waals surface area contributed by atoms with E-state index >= 15 is 0 Å². The van der Waals surface area contributed by atoms with E-state index in [1.807, 2.05) is 22.5 Å². The summed E-state index contributed by atoms with van der Waals surface area (Å²) in [5.74, 6) is 0. The van der Waals surface area contributed by atoms with Crippen LogP contribution >= 0.6 is 11.3 Å². The van der Waals surface area contributed by atoms with E-state index in [0.29, 0.717) is 0 Å². The van der Waals surface area contributed by atoms with E-state index in [1.165, 1.54) is 10.4 Å². The summed E-state index contributed by atoms with van der Waals surface area (Å²) in [5, 5.41) is 7.50. The van der Waals surface area contributed by atoms with Crippen molar-refractivity contribution in [1.82, 2.24) is 19.7 Å². The molecule has 1 N–H and O–H groups in total. The fourth-order valence-electron chi connectivity index (χ4n) is 1.80. The lowest BCUT2D eigenvalue weighted by atomic mass is 10.2. The molecular formula is C13H13N5S. The minimum absolute atomic E-state index is 0.732. The van der Waals surface area contributed by atoms with Gasteiger partial charge >= 0.3 is 0 Å². The Morgan fingerprint density at radius 1 is 1.26 bits per heavy atom. The van der Waals surface area contributed by atoms with Crippen molar-refractivity contribution < 1.29 is 0 Å². The number of nitrogens with zero attached hydrogens (tertiary/aromatic N) is 4. The van der Waals surface area contributed by atoms with E-state index in [9.17, 15) is 0 Å². The molecule has 0 fully saturated rings. The van der Waals surface area contributed by atoms with Crippen LogP contribution in [-0.4, -0.2) is 19.7 Å². The third-order valence-electron chi connectivity index (χ3n) is 2.69. The van der Waals surface area contributed by atoms with Gasteiger partial charge in [-0.25, -0.2) is 9.67 Å². The Hall–Kier alpha value is -2.21. The second kappa shape index (κ2) is 5.62. The lowest BCUT2D eigenvalue weighted by Gasteiger charge is -2.07. The molecule has 5 nitrogen and oxygen atoms in total. The molecule has 0 aliphatic heterocycles. The van der Waals surface area contributed by atoms with Gasteiger partial charge in [-0.05, 0) is 17.7 Å². The summed E-state index contributed by atoms with van der Waals surface area (Å²) < 4.78 is 1.81. The van der Waals surface area contributed by atoms with E-state index in [0.717, 1.165) is 18.8 Å². The van der Waals surface area contributed by atoms with Gasteiger partial charge in [0.05, 0.1) is 18.6 Å². The van der Waals surface area contributed by atoms with E-state index in [-0.39, 0.29) is 0 Å². The van der Waals surface area contributed by atoms with Crippen LogP contribution in [0.3, 0.4) is 0 Å². The Bertz CT molecular complexity index is 618. The number of nitrogens with one attached hydrogen (secondary N) is 1. The molecule has 0 saturated carbocycles. The summed E-state index contributed by atoms with van der Waals surface area (Å²) in [7, 11) is 0. The van der Waals surface area contributed by atoms with Crippen LogP contribution in [0.15, 0.2) is 48.6 Å². The monoisotopic (exact) mass is 271 g/mol. The molecule has 2 aromatic heterocycles. The molecule has 2 heterocycles. The zero-order chi connectivity index (χ0) is 12.9. The molecule has 0 radical (unpaired) electrons. The lowest BCUT2D eigenvalue weighted by Crippen LogP contribution is -2.02. The van der Waals surface area contributed by atoms with Crippen molar-refractivity contribution >= 4 is 17.0 Å². The standard InChI is InChI=1S/C13H13N5S/c1-2-11(7-18-9-15-8-17-18)4-12(3-1)16-6-13-5-14-10-19-13/h1-5,8-10,16H,6-7H2. The highest BCUT2D eigenvalue weighted by molar-refractivity contribution is 7.09. The fraction of sp³-hybridized carbons (Fsp3) is 0.154. The maximum absolute atomic E-state index is 4.11. The van der Waals surface area contributed by atoms with Gasteiger partial charge in [-0.15, -0.1) is 11.3 Å². The van der Waals surface area contributed by atoms with Crippen LogP contribution < -0.4 is 5.32 Å². The molecule has 6 heteroatoms. The number of aromatic nitrogens is 4. The molecule has 0 saturated heterocycles. The Morgan fingerprint density at radius 2 is 2.26 bits per heavy atom. The minimum atomic E-state index is 0.732. The van der Waals surface area contributed by atoms with Crippen molar-refractivity contribution in [3.8, 4) is 0 Å². The van der Waals surface area contributed by atoms with Gasteiger partial charge in [0.1, 0.15) is 12.7 Å². The van der Waals surface area contributed by atoms with Crippen molar-refractivity contribution in [2.24, 2.45) is 0 Å². The van der Waals surface area contributed by atoms with Gasteiger partial charge < -0.3 is 5.32 Å². The Kier molecular flexibility index (Phi) is 3.51. The van der Waals surface area contributed by atoms with Crippen LogP contribution in [0.2, 0.25) is 0 Å². The van der Waals surface area contributed by atoms with Crippen LogP contribution in [0.1, 0.15) is 10.4 Å². The Morgan fingerprint density at radius 3 is 3.05 bits per heavy atom. The average Bonchev–Trinajstić information content (AvgIpc) is 3.10. The summed E-state index contributed by atoms with van der Waals surface area (Å²) in [4.78, 5) is 9.23. The van der Waals surface area contributed by atoms with Crippen LogP contribution in [-0.2, 0) is 13.1 Å². The van der Waals surface area contributed by atoms with Gasteiger partial charge in [-0.3, -0.25) is 4.98 Å². The van der Waals surface area contributed by atoms with Crippen molar-refractivity contribution in [1.29, 1.82) is 0 Å². The quantitative estimate of drug-likeness (QED) is 0.774. The molecular weight excluding hydrogens is 258 g/mol. The van der Waals surface area contributed by atoms with Crippen molar-refractivity contribution in [3.63, 3.8) is 0 Å². The van der Waals surface area contributed by atoms with Crippen LogP contribution in [0.4, 0.5) is 5.69 Å². The van der Waals surface area contributed by atoms with Gasteiger partial charge in [-0.1, -0.05) is 12.1 Å². The summed E-state index contributed by atoms with van der Waals surface area (Å²) in [6, 6.07) is 8.31. The topological polar surface area (TPSA) is 55.6 Å². The van der Waals surface area contributed by atoms with Crippen LogP contribution in [0, 0.1) is 0 Å². The molecule has 0 bridgehead atoms. The maximum atomic E-state index is 4.11. The van der Waals surface area contributed by atoms with Crippen LogP contribution in [0.5, 0.6) is 0 Å². The summed E-state index contributed by atoms with van der Waals surface area (Å²) in [6.45, 7) is 1.54. The number of hydrogen-bond donors (Lipinski definition) is 1. The van der Waals surface area contributed by atoms with E-state index < -0.39 is 0 Å². The number of benzene rings is 1. The second-order valence-corrected chi connectivity index (χ2v) is 5.09. The normalized spacial score (nSPS) is 10.5. The first-order valence-corrected chi connectivity index (χ1v) is 6.81. The molecule has 3 rings (SSSR count). The number of hydrogen-bond acceptors (Lipinski definition) is 5. The Balaban J connectivity index is 1.66. The molecule has 0 aliphatic rings. The zero-order valence-electron chi connectivity index (χ0n) is 10.2. The first-order valence-electron chi connectivity index (χ1n) is 5.93. The predicted octanol–water partition coefficient (Wildman–Crippen LogP) is 2.40. The van der Waals surface area contributed by atoms with Crippen molar-refractivity contribution in [2.75, 3.05) is 5.32 Å². The highest BCUT2D eigenvalue weighted by atomic mass is 32.1. The van der Waals surface area contributed by atoms with Gasteiger partial charge in [0.2, 0.25) is 0 Å². The summed E-state index contributed by atoms with van der Waals surface area (Å²) in [6.07, 6.45) is 5.15. The Labute approximate surface area is 115 Å². The first kappa shape index (κ1) is 11.9. The molecule has 0 unspecified atom stereocenters. The number of rotatable bonds is 5. The minimum Gasteiger partial charge on any atom is -0.380 e. The second-order valence-electron chi connectivity index (χ2n) is 4.11. The highest BCUT2D eigenvalue weighted by Gasteiger charge is 1.99. The molecule has 1 aromatic carbocycles. The number of thiazole rings is 1. The molecule has 0 amide bonds. The summed E-state index contributed by atoms with van der Waals surface area (Å²) >= 11 is 1.65. The third kappa shape index (κ3) is 3.17. The van der Waals surface area contributed by atoms with Gasteiger partial charge in [0.25, 0.3) is 0 Å². The van der Waals surface area contributed by atoms with E-state index in [4.69, 9.17) is 0 Å². The average molecular weight is 271 g/mol. The predicted molar refractivity (Wildman–Crippen MR) is 75.0 cm³/mol. The molecule has 0 spiro atoms. The van der Waals surface area contributed by atoms with Gasteiger partial charge in [0, 0.05) is 16.8 Å². The highest BCUT2D eigenvalue weighted by Crippen LogP contribution is 2.14. The van der Waals surface area contributed by atoms with Crippen LogP contribution in [0.25, 0.3) is 0 Å². The lowest BCUT2D eigenvalue weighted by molar-refractivity contribution is 0.685. The largest absolute Gasteiger partial charge is 0.380 e. The third-order valence-corrected chi connectivity index (χ3v) is 3.47. The molecule has 0 atom stereocenters. The molecule has 3 aromatic rings. The first-order chi connectivity index (χ1) is 9.40. The van der Waals surface area contributed by atoms with Gasteiger partial charge in [-0.2, -0.15) is 5.10 Å². The van der Waals surface area contributed by atoms with Crippen molar-refractivity contribution in [3.05, 3.63) is 59.1 Å². The molecule has 19 heavy (non-hydrogen) atoms. The molecule has 0 aliphatic carbocycles. The maximum Gasteiger partial charge on any atom is 0.137 e.